The third-order valence-electron chi connectivity index (χ3n) is 3.52. The van der Waals surface area contributed by atoms with Crippen molar-refractivity contribution in [2.24, 2.45) is 10.9 Å². The van der Waals surface area contributed by atoms with Gasteiger partial charge in [-0.15, -0.1) is 0 Å². The quantitative estimate of drug-likeness (QED) is 0.187. The first kappa shape index (κ1) is 18.9. The number of halogens is 4. The van der Waals surface area contributed by atoms with E-state index in [1.165, 1.54) is 6.92 Å². The Kier molecular flexibility index (Phi) is 5.76. The van der Waals surface area contributed by atoms with E-state index >= 15 is 0 Å². The van der Waals surface area contributed by atoms with Crippen molar-refractivity contribution in [1.29, 1.82) is 0 Å². The second-order valence-corrected chi connectivity index (χ2v) is 5.28. The van der Waals surface area contributed by atoms with Gasteiger partial charge in [0.05, 0.1) is 25.3 Å². The SMILES string of the molecule is CCOC(=O)C(C=NC1C[C@H]1F)C(=O)c1cc(F)c(F)c(OC)c1F. The Morgan fingerprint density at radius 3 is 2.52 bits per heavy atom. The summed E-state index contributed by atoms with van der Waals surface area (Å²) in [6, 6.07) is -0.362. The molecule has 0 heterocycles. The standard InChI is InChI=1S/C16H15F4NO4/c1-3-25-16(23)8(6-21-11-5-9(11)17)14(22)7-4-10(18)13(20)15(24-2)12(7)19/h4,6,8-9,11H,3,5H2,1-2H3/t8?,9-,11?/m1/s1. The summed E-state index contributed by atoms with van der Waals surface area (Å²) < 4.78 is 63.3. The third-order valence-corrected chi connectivity index (χ3v) is 3.52. The van der Waals surface area contributed by atoms with E-state index in [9.17, 15) is 27.2 Å². The van der Waals surface area contributed by atoms with Gasteiger partial charge in [0.1, 0.15) is 6.17 Å². The molecule has 0 bridgehead atoms. The molecule has 9 heteroatoms. The van der Waals surface area contributed by atoms with Crippen LogP contribution in [0.25, 0.3) is 0 Å². The fourth-order valence-electron chi connectivity index (χ4n) is 2.08. The van der Waals surface area contributed by atoms with Crippen molar-refractivity contribution in [2.45, 2.75) is 25.6 Å². The first-order valence-corrected chi connectivity index (χ1v) is 7.41. The van der Waals surface area contributed by atoms with Gasteiger partial charge in [-0.05, 0) is 13.0 Å². The molecule has 5 nitrogen and oxygen atoms in total. The van der Waals surface area contributed by atoms with Gasteiger partial charge in [-0.3, -0.25) is 14.6 Å². The zero-order chi connectivity index (χ0) is 18.7. The number of nitrogens with zero attached hydrogens (tertiary/aromatic N) is 1. The van der Waals surface area contributed by atoms with Crippen molar-refractivity contribution in [3.63, 3.8) is 0 Å². The summed E-state index contributed by atoms with van der Waals surface area (Å²) >= 11 is 0. The summed E-state index contributed by atoms with van der Waals surface area (Å²) in [5, 5.41) is 0. The highest BCUT2D eigenvalue weighted by atomic mass is 19.2. The monoisotopic (exact) mass is 361 g/mol. The van der Waals surface area contributed by atoms with Gasteiger partial charge in [-0.1, -0.05) is 0 Å². The molecule has 1 aromatic rings. The smallest absolute Gasteiger partial charge is 0.322 e. The number of Topliss-reactive ketones (excluding diaryl/α,β-unsaturated/α-hetero) is 1. The highest BCUT2D eigenvalue weighted by molar-refractivity contribution is 6.18. The van der Waals surface area contributed by atoms with E-state index in [0.29, 0.717) is 6.07 Å². The minimum Gasteiger partial charge on any atom is -0.491 e. The number of benzene rings is 1. The number of hydrogen-bond acceptors (Lipinski definition) is 5. The summed E-state index contributed by atoms with van der Waals surface area (Å²) in [7, 11) is 0.897. The van der Waals surface area contributed by atoms with Crippen LogP contribution in [0.1, 0.15) is 23.7 Å². The first-order chi connectivity index (χ1) is 11.8. The lowest BCUT2D eigenvalue weighted by molar-refractivity contribution is -0.143. The average Bonchev–Trinajstić information content (AvgIpc) is 3.27. The number of ketones is 1. The van der Waals surface area contributed by atoms with Crippen LogP contribution in [-0.2, 0) is 9.53 Å². The minimum atomic E-state index is -1.71. The molecule has 136 valence electrons. The number of ether oxygens (including phenoxy) is 2. The Morgan fingerprint density at radius 2 is 2.00 bits per heavy atom. The van der Waals surface area contributed by atoms with Gasteiger partial charge in [0.15, 0.2) is 29.1 Å². The maximum atomic E-state index is 14.2. The van der Waals surface area contributed by atoms with Crippen molar-refractivity contribution in [3.05, 3.63) is 29.1 Å². The number of aliphatic imine (C=N–C) groups is 1. The van der Waals surface area contributed by atoms with Crippen LogP contribution in [0.5, 0.6) is 5.75 Å². The second kappa shape index (κ2) is 7.62. The number of carbonyl (C=O) groups is 2. The predicted octanol–water partition coefficient (Wildman–Crippen LogP) is 2.66. The van der Waals surface area contributed by atoms with Crippen molar-refractivity contribution >= 4 is 18.0 Å². The van der Waals surface area contributed by atoms with Crippen LogP contribution < -0.4 is 4.74 Å². The fourth-order valence-corrected chi connectivity index (χ4v) is 2.08. The molecular formula is C16H15F4NO4. The van der Waals surface area contributed by atoms with Crippen molar-refractivity contribution in [1.82, 2.24) is 0 Å². The molecular weight excluding hydrogens is 346 g/mol. The van der Waals surface area contributed by atoms with E-state index < -0.39 is 58.6 Å². The van der Waals surface area contributed by atoms with E-state index in [2.05, 4.69) is 9.73 Å². The topological polar surface area (TPSA) is 65.0 Å². The van der Waals surface area contributed by atoms with Gasteiger partial charge < -0.3 is 9.47 Å². The van der Waals surface area contributed by atoms with Crippen molar-refractivity contribution in [3.8, 4) is 5.75 Å². The van der Waals surface area contributed by atoms with Crippen LogP contribution in [0.15, 0.2) is 11.1 Å². The van der Waals surface area contributed by atoms with Crippen LogP contribution in [0.2, 0.25) is 0 Å². The molecule has 1 fully saturated rings. The third kappa shape index (κ3) is 3.97. The van der Waals surface area contributed by atoms with Crippen LogP contribution in [0, 0.1) is 23.4 Å². The molecule has 0 amide bonds. The highest BCUT2D eigenvalue weighted by Crippen LogP contribution is 2.30. The molecule has 1 aromatic carbocycles. The molecule has 0 aromatic heterocycles. The van der Waals surface area contributed by atoms with Crippen LogP contribution >= 0.6 is 0 Å². The molecule has 0 aliphatic heterocycles. The number of hydrogen-bond donors (Lipinski definition) is 0. The zero-order valence-corrected chi connectivity index (χ0v) is 13.4. The summed E-state index contributed by atoms with van der Waals surface area (Å²) in [6.45, 7) is 1.41. The molecule has 0 spiro atoms. The van der Waals surface area contributed by atoms with Crippen LogP contribution in [-0.4, -0.2) is 43.9 Å². The molecule has 0 radical (unpaired) electrons. The lowest BCUT2D eigenvalue weighted by Crippen LogP contribution is -2.29. The molecule has 2 unspecified atom stereocenters. The number of rotatable bonds is 7. The fraction of sp³-hybridized carbons (Fsp3) is 0.438. The largest absolute Gasteiger partial charge is 0.491 e. The van der Waals surface area contributed by atoms with E-state index in [1.807, 2.05) is 0 Å². The lowest BCUT2D eigenvalue weighted by Gasteiger charge is -2.13. The number of alkyl halides is 1. The summed E-state index contributed by atoms with van der Waals surface area (Å²) in [5.74, 6) is -9.64. The average molecular weight is 361 g/mol. The van der Waals surface area contributed by atoms with Crippen molar-refractivity contribution in [2.75, 3.05) is 13.7 Å². The molecule has 25 heavy (non-hydrogen) atoms. The Bertz CT molecular complexity index is 723. The Balaban J connectivity index is 2.40. The van der Waals surface area contributed by atoms with Crippen LogP contribution in [0.3, 0.4) is 0 Å². The summed E-state index contributed by atoms with van der Waals surface area (Å²) in [4.78, 5) is 28.1. The van der Waals surface area contributed by atoms with E-state index in [1.54, 1.807) is 0 Å². The number of carbonyl (C=O) groups excluding carboxylic acids is 2. The van der Waals surface area contributed by atoms with Gasteiger partial charge in [-0.25, -0.2) is 13.2 Å². The minimum absolute atomic E-state index is 0.0742. The van der Waals surface area contributed by atoms with E-state index in [4.69, 9.17) is 4.74 Å². The van der Waals surface area contributed by atoms with Gasteiger partial charge in [-0.2, -0.15) is 4.39 Å². The molecule has 2 rings (SSSR count). The Morgan fingerprint density at radius 1 is 1.36 bits per heavy atom. The van der Waals surface area contributed by atoms with E-state index in [-0.39, 0.29) is 13.0 Å². The number of esters is 1. The zero-order valence-electron chi connectivity index (χ0n) is 13.4. The maximum absolute atomic E-state index is 14.2. The van der Waals surface area contributed by atoms with Crippen LogP contribution in [0.4, 0.5) is 17.6 Å². The number of methoxy groups -OCH3 is 1. The normalized spacial score (nSPS) is 20.4. The lowest BCUT2D eigenvalue weighted by atomic mass is 9.97. The van der Waals surface area contributed by atoms with Gasteiger partial charge in [0.25, 0.3) is 0 Å². The summed E-state index contributed by atoms with van der Waals surface area (Å²) in [5.41, 5.74) is -0.896. The molecule has 1 aliphatic carbocycles. The first-order valence-electron chi connectivity index (χ1n) is 7.41. The molecule has 1 saturated carbocycles. The van der Waals surface area contributed by atoms with Crippen molar-refractivity contribution < 1.29 is 36.6 Å². The van der Waals surface area contributed by atoms with Gasteiger partial charge in [0, 0.05) is 12.6 Å². The van der Waals surface area contributed by atoms with Gasteiger partial charge >= 0.3 is 5.97 Å². The van der Waals surface area contributed by atoms with Gasteiger partial charge in [0.2, 0.25) is 5.82 Å². The van der Waals surface area contributed by atoms with E-state index in [0.717, 1.165) is 13.3 Å². The molecule has 0 N–H and O–H groups in total. The Hall–Kier alpha value is -2.45. The predicted molar refractivity (Wildman–Crippen MR) is 79.1 cm³/mol. The second-order valence-electron chi connectivity index (χ2n) is 5.28. The molecule has 0 saturated heterocycles. The summed E-state index contributed by atoms with van der Waals surface area (Å²) in [6.07, 6.45) is -0.181. The molecule has 1 aliphatic rings. The molecule has 3 atom stereocenters. The highest BCUT2D eigenvalue weighted by Gasteiger charge is 2.38. The Labute approximate surface area is 140 Å². The maximum Gasteiger partial charge on any atom is 0.322 e.